The molecule has 1 atom stereocenters. The number of hydrogen-bond donors (Lipinski definition) is 0. The molecule has 1 saturated heterocycles. The van der Waals surface area contributed by atoms with Gasteiger partial charge in [-0.1, -0.05) is 0 Å². The predicted molar refractivity (Wildman–Crippen MR) is 68.7 cm³/mol. The van der Waals surface area contributed by atoms with Crippen molar-refractivity contribution in [1.82, 2.24) is 0 Å². The average molecular weight is 264 g/mol. The molecule has 1 aromatic carbocycles. The van der Waals surface area contributed by atoms with Crippen molar-refractivity contribution in [2.24, 2.45) is 0 Å². The lowest BCUT2D eigenvalue weighted by Gasteiger charge is -2.06. The van der Waals surface area contributed by atoms with Crippen molar-refractivity contribution in [1.29, 1.82) is 0 Å². The molecule has 0 unspecified atom stereocenters. The third-order valence-corrected chi connectivity index (χ3v) is 2.75. The molecule has 0 saturated carbocycles. The van der Waals surface area contributed by atoms with E-state index in [4.69, 9.17) is 18.9 Å². The Morgan fingerprint density at radius 3 is 2.47 bits per heavy atom. The second-order valence-electron chi connectivity index (χ2n) is 4.02. The van der Waals surface area contributed by atoms with E-state index in [1.807, 2.05) is 0 Å². The fraction of sp³-hybridized carbons (Fsp3) is 0.357. The monoisotopic (exact) mass is 264 g/mol. The number of benzene rings is 1. The van der Waals surface area contributed by atoms with E-state index in [9.17, 15) is 4.79 Å². The lowest BCUT2D eigenvalue weighted by molar-refractivity contribution is 0.0571. The Balaban J connectivity index is 2.13. The lowest BCUT2D eigenvalue weighted by atomic mass is 10.1. The van der Waals surface area contributed by atoms with Crippen LogP contribution in [-0.4, -0.2) is 39.5 Å². The van der Waals surface area contributed by atoms with Crippen LogP contribution in [0.1, 0.15) is 10.4 Å². The second-order valence-corrected chi connectivity index (χ2v) is 4.02. The molecule has 1 heterocycles. The maximum Gasteiger partial charge on any atom is 0.185 e. The number of ether oxygens (including phenoxy) is 4. The van der Waals surface area contributed by atoms with Crippen molar-refractivity contribution < 1.29 is 23.7 Å². The minimum Gasteiger partial charge on any atom is -0.497 e. The summed E-state index contributed by atoms with van der Waals surface area (Å²) >= 11 is 0. The van der Waals surface area contributed by atoms with E-state index >= 15 is 0 Å². The number of allylic oxidation sites excluding steroid dienone is 1. The highest BCUT2D eigenvalue weighted by Gasteiger charge is 2.13. The van der Waals surface area contributed by atoms with E-state index in [1.54, 1.807) is 38.5 Å². The molecule has 1 aromatic rings. The van der Waals surface area contributed by atoms with Crippen LogP contribution in [0.3, 0.4) is 0 Å². The normalized spacial score (nSPS) is 18.7. The molecule has 0 aromatic heterocycles. The van der Waals surface area contributed by atoms with E-state index in [0.717, 1.165) is 0 Å². The van der Waals surface area contributed by atoms with Gasteiger partial charge >= 0.3 is 0 Å². The Labute approximate surface area is 111 Å². The van der Waals surface area contributed by atoms with Crippen LogP contribution in [0.2, 0.25) is 0 Å². The summed E-state index contributed by atoms with van der Waals surface area (Å²) in [7, 11) is 3.09. The summed E-state index contributed by atoms with van der Waals surface area (Å²) in [5.41, 5.74) is 0.506. The topological polar surface area (TPSA) is 54.0 Å². The van der Waals surface area contributed by atoms with Gasteiger partial charge in [-0.3, -0.25) is 4.79 Å². The molecule has 0 aliphatic carbocycles. The molecule has 0 bridgehead atoms. The van der Waals surface area contributed by atoms with Gasteiger partial charge < -0.3 is 18.9 Å². The van der Waals surface area contributed by atoms with Crippen LogP contribution in [0.15, 0.2) is 30.4 Å². The maximum atomic E-state index is 12.0. The quantitative estimate of drug-likeness (QED) is 0.599. The lowest BCUT2D eigenvalue weighted by Crippen LogP contribution is -2.06. The molecule has 0 spiro atoms. The van der Waals surface area contributed by atoms with Crippen molar-refractivity contribution >= 4 is 5.78 Å². The van der Waals surface area contributed by atoms with E-state index in [2.05, 4.69) is 0 Å². The second kappa shape index (κ2) is 6.36. The average Bonchev–Trinajstić information content (AvgIpc) is 2.97. The number of hydrogen-bond acceptors (Lipinski definition) is 5. The van der Waals surface area contributed by atoms with Gasteiger partial charge in [0.2, 0.25) is 0 Å². The Morgan fingerprint density at radius 2 is 1.95 bits per heavy atom. The third-order valence-electron chi connectivity index (χ3n) is 2.75. The summed E-state index contributed by atoms with van der Waals surface area (Å²) in [5.74, 6) is 1.03. The van der Waals surface area contributed by atoms with Crippen molar-refractivity contribution in [3.05, 3.63) is 35.9 Å². The number of carbonyl (C=O) groups is 1. The number of rotatable bonds is 5. The van der Waals surface area contributed by atoms with Crippen LogP contribution >= 0.6 is 0 Å². The van der Waals surface area contributed by atoms with Crippen LogP contribution in [0.25, 0.3) is 0 Å². The molecular weight excluding hydrogens is 248 g/mol. The zero-order chi connectivity index (χ0) is 13.7. The van der Waals surface area contributed by atoms with Crippen LogP contribution in [0.4, 0.5) is 0 Å². The SMILES string of the molecule is COc1cc(OC)cc(C(=O)/C=C/[C@@H]2COCO2)c1. The fourth-order valence-electron chi connectivity index (χ4n) is 1.70. The van der Waals surface area contributed by atoms with Gasteiger partial charge in [0.25, 0.3) is 0 Å². The molecule has 1 fully saturated rings. The van der Waals surface area contributed by atoms with Crippen molar-refractivity contribution in [2.75, 3.05) is 27.6 Å². The van der Waals surface area contributed by atoms with E-state index in [-0.39, 0.29) is 18.7 Å². The van der Waals surface area contributed by atoms with E-state index < -0.39 is 0 Å². The Kier molecular flexibility index (Phi) is 4.54. The van der Waals surface area contributed by atoms with Gasteiger partial charge in [-0.2, -0.15) is 0 Å². The summed E-state index contributed by atoms with van der Waals surface area (Å²) < 4.78 is 20.5. The van der Waals surface area contributed by atoms with Gasteiger partial charge in [0.1, 0.15) is 24.4 Å². The Hall–Kier alpha value is -1.85. The summed E-state index contributed by atoms with van der Waals surface area (Å²) in [6, 6.07) is 5.05. The maximum absolute atomic E-state index is 12.0. The molecule has 5 heteroatoms. The Morgan fingerprint density at radius 1 is 1.26 bits per heavy atom. The van der Waals surface area contributed by atoms with Crippen LogP contribution < -0.4 is 9.47 Å². The molecule has 1 aliphatic heterocycles. The van der Waals surface area contributed by atoms with Crippen molar-refractivity contribution in [3.63, 3.8) is 0 Å². The summed E-state index contributed by atoms with van der Waals surface area (Å²) in [6.07, 6.45) is 3.02. The molecular formula is C14H16O5. The smallest absolute Gasteiger partial charge is 0.185 e. The highest BCUT2D eigenvalue weighted by molar-refractivity contribution is 6.05. The summed E-state index contributed by atoms with van der Waals surface area (Å²) in [6.45, 7) is 0.751. The van der Waals surface area contributed by atoms with Gasteiger partial charge in [0.05, 0.1) is 20.8 Å². The minimum atomic E-state index is -0.156. The summed E-state index contributed by atoms with van der Waals surface area (Å²) in [4.78, 5) is 12.0. The molecule has 19 heavy (non-hydrogen) atoms. The number of methoxy groups -OCH3 is 2. The van der Waals surface area contributed by atoms with Gasteiger partial charge in [-0.15, -0.1) is 0 Å². The Bertz CT molecular complexity index is 452. The molecule has 2 rings (SSSR count). The van der Waals surface area contributed by atoms with Gasteiger partial charge in [-0.05, 0) is 24.3 Å². The molecule has 0 N–H and O–H groups in total. The third kappa shape index (κ3) is 3.56. The molecule has 102 valence electrons. The predicted octanol–water partition coefficient (Wildman–Crippen LogP) is 1.82. The highest BCUT2D eigenvalue weighted by atomic mass is 16.7. The minimum absolute atomic E-state index is 0.132. The first-order valence-electron chi connectivity index (χ1n) is 5.88. The first-order valence-corrected chi connectivity index (χ1v) is 5.88. The fourth-order valence-corrected chi connectivity index (χ4v) is 1.70. The van der Waals surface area contributed by atoms with Crippen molar-refractivity contribution in [3.8, 4) is 11.5 Å². The van der Waals surface area contributed by atoms with Crippen LogP contribution in [0.5, 0.6) is 11.5 Å². The van der Waals surface area contributed by atoms with Gasteiger partial charge in [0, 0.05) is 11.6 Å². The zero-order valence-corrected chi connectivity index (χ0v) is 10.9. The van der Waals surface area contributed by atoms with Gasteiger partial charge in [-0.25, -0.2) is 0 Å². The standard InChI is InChI=1S/C14H16O5/c1-16-12-5-10(6-13(7-12)17-2)14(15)4-3-11-8-18-9-19-11/h3-7,11H,8-9H2,1-2H3/b4-3+/t11-/m1/s1. The molecule has 0 radical (unpaired) electrons. The van der Waals surface area contributed by atoms with E-state index in [0.29, 0.717) is 23.7 Å². The number of carbonyl (C=O) groups excluding carboxylic acids is 1. The molecule has 0 amide bonds. The van der Waals surface area contributed by atoms with Gasteiger partial charge in [0.15, 0.2) is 5.78 Å². The van der Waals surface area contributed by atoms with E-state index in [1.165, 1.54) is 6.08 Å². The zero-order valence-electron chi connectivity index (χ0n) is 10.9. The van der Waals surface area contributed by atoms with Crippen molar-refractivity contribution in [2.45, 2.75) is 6.10 Å². The van der Waals surface area contributed by atoms with Crippen LogP contribution in [-0.2, 0) is 9.47 Å². The highest BCUT2D eigenvalue weighted by Crippen LogP contribution is 2.23. The first-order chi connectivity index (χ1) is 9.22. The molecule has 5 nitrogen and oxygen atoms in total. The molecule has 1 aliphatic rings. The number of ketones is 1. The largest absolute Gasteiger partial charge is 0.497 e. The first kappa shape index (κ1) is 13.6. The summed E-state index contributed by atoms with van der Waals surface area (Å²) in [5, 5.41) is 0. The van der Waals surface area contributed by atoms with Crippen LogP contribution in [0, 0.1) is 0 Å².